The van der Waals surface area contributed by atoms with E-state index < -0.39 is 0 Å². The standard InChI is InChI=1S/C16H22O/c1-11-6-7-14-9-12-4-2-3-5-13(12)10-15(14)16(17)8-11/h9-11,16-17H,2-8H2,1H3. The van der Waals surface area contributed by atoms with E-state index in [1.165, 1.54) is 48.8 Å². The van der Waals surface area contributed by atoms with Crippen LogP contribution in [0.4, 0.5) is 0 Å². The molecule has 2 aliphatic carbocycles. The van der Waals surface area contributed by atoms with Gasteiger partial charge in [0.05, 0.1) is 6.10 Å². The first-order valence-corrected chi connectivity index (χ1v) is 7.06. The van der Waals surface area contributed by atoms with Gasteiger partial charge in [0.1, 0.15) is 0 Å². The minimum atomic E-state index is -0.227. The van der Waals surface area contributed by atoms with E-state index >= 15 is 0 Å². The Morgan fingerprint density at radius 3 is 2.47 bits per heavy atom. The molecule has 0 aliphatic heterocycles. The highest BCUT2D eigenvalue weighted by Crippen LogP contribution is 2.35. The van der Waals surface area contributed by atoms with Gasteiger partial charge >= 0.3 is 0 Å². The van der Waals surface area contributed by atoms with Crippen molar-refractivity contribution in [2.24, 2.45) is 5.92 Å². The SMILES string of the molecule is CC1CCc2cc3c(cc2C(O)C1)CCCC3. The van der Waals surface area contributed by atoms with Crippen LogP contribution in [0, 0.1) is 5.92 Å². The van der Waals surface area contributed by atoms with Crippen LogP contribution in [0.5, 0.6) is 0 Å². The number of aryl methyl sites for hydroxylation is 3. The minimum Gasteiger partial charge on any atom is -0.388 e. The third-order valence-corrected chi connectivity index (χ3v) is 4.49. The van der Waals surface area contributed by atoms with Crippen LogP contribution in [0.2, 0.25) is 0 Å². The first kappa shape index (κ1) is 11.3. The maximum atomic E-state index is 10.3. The van der Waals surface area contributed by atoms with E-state index in [1.807, 2.05) is 0 Å². The molecule has 0 aromatic heterocycles. The van der Waals surface area contributed by atoms with Crippen LogP contribution >= 0.6 is 0 Å². The monoisotopic (exact) mass is 230 g/mol. The normalized spacial score (nSPS) is 28.1. The second-order valence-electron chi connectivity index (χ2n) is 5.92. The summed E-state index contributed by atoms with van der Waals surface area (Å²) in [6.07, 6.45) is 8.20. The maximum Gasteiger partial charge on any atom is 0.0795 e. The van der Waals surface area contributed by atoms with Gasteiger partial charge in [0, 0.05) is 0 Å². The molecule has 0 saturated heterocycles. The highest BCUT2D eigenvalue weighted by Gasteiger charge is 2.22. The number of aliphatic hydroxyl groups is 1. The first-order valence-electron chi connectivity index (χ1n) is 7.06. The third-order valence-electron chi connectivity index (χ3n) is 4.49. The lowest BCUT2D eigenvalue weighted by Gasteiger charge is -2.21. The Morgan fingerprint density at radius 2 is 1.71 bits per heavy atom. The van der Waals surface area contributed by atoms with Crippen molar-refractivity contribution in [1.82, 2.24) is 0 Å². The Morgan fingerprint density at radius 1 is 1.00 bits per heavy atom. The zero-order valence-corrected chi connectivity index (χ0v) is 10.7. The van der Waals surface area contributed by atoms with Crippen LogP contribution in [0.1, 0.15) is 61.0 Å². The Kier molecular flexibility index (Phi) is 2.96. The van der Waals surface area contributed by atoms with Gasteiger partial charge in [0.25, 0.3) is 0 Å². The van der Waals surface area contributed by atoms with Crippen LogP contribution in [-0.4, -0.2) is 5.11 Å². The van der Waals surface area contributed by atoms with E-state index in [-0.39, 0.29) is 6.10 Å². The summed E-state index contributed by atoms with van der Waals surface area (Å²) in [7, 11) is 0. The molecule has 0 saturated carbocycles. The summed E-state index contributed by atoms with van der Waals surface area (Å²) in [6, 6.07) is 4.71. The Labute approximate surface area is 104 Å². The van der Waals surface area contributed by atoms with Crippen LogP contribution in [0.3, 0.4) is 0 Å². The predicted molar refractivity (Wildman–Crippen MR) is 70.1 cm³/mol. The number of fused-ring (bicyclic) bond motifs is 2. The fraction of sp³-hybridized carbons (Fsp3) is 0.625. The summed E-state index contributed by atoms with van der Waals surface area (Å²) in [4.78, 5) is 0. The van der Waals surface area contributed by atoms with Gasteiger partial charge in [-0.25, -0.2) is 0 Å². The summed E-state index contributed by atoms with van der Waals surface area (Å²) in [5.74, 6) is 0.648. The van der Waals surface area contributed by atoms with E-state index in [1.54, 1.807) is 5.56 Å². The number of rotatable bonds is 0. The number of hydrogen-bond donors (Lipinski definition) is 1. The maximum absolute atomic E-state index is 10.3. The molecule has 3 rings (SSSR count). The molecule has 92 valence electrons. The molecule has 1 nitrogen and oxygen atoms in total. The summed E-state index contributed by atoms with van der Waals surface area (Å²) < 4.78 is 0. The molecule has 0 heterocycles. The van der Waals surface area contributed by atoms with Gasteiger partial charge in [-0.2, -0.15) is 0 Å². The van der Waals surface area contributed by atoms with E-state index in [0.717, 1.165) is 12.8 Å². The molecule has 1 N–H and O–H groups in total. The molecule has 17 heavy (non-hydrogen) atoms. The number of hydrogen-bond acceptors (Lipinski definition) is 1. The van der Waals surface area contributed by atoms with Crippen molar-refractivity contribution in [2.75, 3.05) is 0 Å². The Balaban J connectivity index is 2.03. The summed E-state index contributed by atoms with van der Waals surface area (Å²) in [5.41, 5.74) is 5.71. The highest BCUT2D eigenvalue weighted by molar-refractivity contribution is 5.41. The van der Waals surface area contributed by atoms with Crippen molar-refractivity contribution in [3.05, 3.63) is 34.4 Å². The first-order chi connectivity index (χ1) is 8.24. The van der Waals surface area contributed by atoms with Gasteiger partial charge in [-0.05, 0) is 73.1 Å². The molecule has 1 aromatic carbocycles. The van der Waals surface area contributed by atoms with E-state index in [2.05, 4.69) is 19.1 Å². The quantitative estimate of drug-likeness (QED) is 0.675. The van der Waals surface area contributed by atoms with E-state index in [0.29, 0.717) is 5.92 Å². The largest absolute Gasteiger partial charge is 0.388 e. The molecule has 2 unspecified atom stereocenters. The fourth-order valence-corrected chi connectivity index (χ4v) is 3.41. The van der Waals surface area contributed by atoms with Gasteiger partial charge in [0.2, 0.25) is 0 Å². The fourth-order valence-electron chi connectivity index (χ4n) is 3.41. The molecule has 0 fully saturated rings. The topological polar surface area (TPSA) is 20.2 Å². The van der Waals surface area contributed by atoms with Crippen molar-refractivity contribution in [3.8, 4) is 0 Å². The number of aliphatic hydroxyl groups excluding tert-OH is 1. The van der Waals surface area contributed by atoms with Gasteiger partial charge in [-0.15, -0.1) is 0 Å². The molecular formula is C16H22O. The van der Waals surface area contributed by atoms with Crippen molar-refractivity contribution in [3.63, 3.8) is 0 Å². The van der Waals surface area contributed by atoms with Crippen LogP contribution in [0.25, 0.3) is 0 Å². The minimum absolute atomic E-state index is 0.227. The van der Waals surface area contributed by atoms with Gasteiger partial charge in [-0.3, -0.25) is 0 Å². The summed E-state index contributed by atoms with van der Waals surface area (Å²) in [5, 5.41) is 10.3. The summed E-state index contributed by atoms with van der Waals surface area (Å²) >= 11 is 0. The van der Waals surface area contributed by atoms with Gasteiger partial charge < -0.3 is 5.11 Å². The molecule has 0 radical (unpaired) electrons. The van der Waals surface area contributed by atoms with E-state index in [4.69, 9.17) is 0 Å². The third kappa shape index (κ3) is 2.13. The second-order valence-corrected chi connectivity index (χ2v) is 5.92. The van der Waals surface area contributed by atoms with Gasteiger partial charge in [-0.1, -0.05) is 19.1 Å². The van der Waals surface area contributed by atoms with Gasteiger partial charge in [0.15, 0.2) is 0 Å². The Bertz CT molecular complexity index is 422. The molecule has 2 atom stereocenters. The number of benzene rings is 1. The molecule has 2 aliphatic rings. The van der Waals surface area contributed by atoms with Crippen LogP contribution in [-0.2, 0) is 19.3 Å². The molecule has 0 bridgehead atoms. The molecule has 0 amide bonds. The summed E-state index contributed by atoms with van der Waals surface area (Å²) in [6.45, 7) is 2.26. The molecular weight excluding hydrogens is 208 g/mol. The lowest BCUT2D eigenvalue weighted by atomic mass is 9.86. The van der Waals surface area contributed by atoms with Crippen molar-refractivity contribution in [1.29, 1.82) is 0 Å². The average Bonchev–Trinajstić information content (AvgIpc) is 2.47. The average molecular weight is 230 g/mol. The van der Waals surface area contributed by atoms with Crippen LogP contribution in [0.15, 0.2) is 12.1 Å². The Hall–Kier alpha value is -0.820. The molecule has 0 spiro atoms. The smallest absolute Gasteiger partial charge is 0.0795 e. The molecule has 1 aromatic rings. The van der Waals surface area contributed by atoms with E-state index in [9.17, 15) is 5.11 Å². The predicted octanol–water partition coefficient (Wildman–Crippen LogP) is 3.57. The van der Waals surface area contributed by atoms with Crippen molar-refractivity contribution >= 4 is 0 Å². The zero-order valence-electron chi connectivity index (χ0n) is 10.7. The lowest BCUT2D eigenvalue weighted by molar-refractivity contribution is 0.150. The second kappa shape index (κ2) is 4.45. The lowest BCUT2D eigenvalue weighted by Crippen LogP contribution is -2.08. The highest BCUT2D eigenvalue weighted by atomic mass is 16.3. The molecule has 1 heteroatoms. The van der Waals surface area contributed by atoms with Crippen LogP contribution < -0.4 is 0 Å². The van der Waals surface area contributed by atoms with Crippen molar-refractivity contribution < 1.29 is 5.11 Å². The zero-order chi connectivity index (χ0) is 11.8. The van der Waals surface area contributed by atoms with Crippen molar-refractivity contribution in [2.45, 2.75) is 58.0 Å².